The summed E-state index contributed by atoms with van der Waals surface area (Å²) in [5.74, 6) is -1.57. The van der Waals surface area contributed by atoms with Crippen LogP contribution in [0.1, 0.15) is 23.2 Å². The Balaban J connectivity index is 1.96. The number of rotatable bonds is 2. The van der Waals surface area contributed by atoms with Crippen molar-refractivity contribution in [2.45, 2.75) is 31.2 Å². The fraction of sp³-hybridized carbons (Fsp3) is 0.385. The minimum Gasteiger partial charge on any atom is -0.451 e. The molecule has 1 aromatic rings. The van der Waals surface area contributed by atoms with Crippen molar-refractivity contribution in [1.29, 1.82) is 0 Å². The molecule has 2 atom stereocenters. The van der Waals surface area contributed by atoms with Crippen molar-refractivity contribution in [3.05, 3.63) is 35.9 Å². The number of ether oxygens (including phenoxy) is 1. The van der Waals surface area contributed by atoms with Gasteiger partial charge < -0.3 is 10.1 Å². The number of carbonyl (C=O) groups excluding carboxylic acids is 2. The highest BCUT2D eigenvalue weighted by atomic mass is 19.4. The molecule has 0 aliphatic carbocycles. The van der Waals surface area contributed by atoms with E-state index in [0.29, 0.717) is 5.56 Å². The number of alkyl halides is 3. The molecule has 0 saturated carbocycles. The molecule has 1 amide bonds. The number of benzene rings is 1. The van der Waals surface area contributed by atoms with Crippen LogP contribution in [-0.4, -0.2) is 30.2 Å². The number of carbonyl (C=O) groups is 2. The van der Waals surface area contributed by atoms with E-state index in [1.165, 1.54) is 0 Å². The van der Waals surface area contributed by atoms with Crippen LogP contribution < -0.4 is 5.32 Å². The molecule has 0 unspecified atom stereocenters. The molecule has 4 nitrogen and oxygen atoms in total. The molecule has 7 heteroatoms. The van der Waals surface area contributed by atoms with Gasteiger partial charge in [0.1, 0.15) is 6.04 Å². The van der Waals surface area contributed by atoms with Crippen LogP contribution >= 0.6 is 0 Å². The molecule has 1 N–H and O–H groups in total. The van der Waals surface area contributed by atoms with Crippen LogP contribution in [-0.2, 0) is 9.53 Å². The van der Waals surface area contributed by atoms with Gasteiger partial charge in [-0.3, -0.25) is 4.79 Å². The Morgan fingerprint density at radius 1 is 1.20 bits per heavy atom. The molecule has 108 valence electrons. The Bertz CT molecular complexity index is 501. The summed E-state index contributed by atoms with van der Waals surface area (Å²) in [7, 11) is 0. The van der Waals surface area contributed by atoms with Gasteiger partial charge in [0.15, 0.2) is 6.10 Å². The van der Waals surface area contributed by atoms with E-state index in [0.717, 1.165) is 0 Å². The van der Waals surface area contributed by atoms with Gasteiger partial charge in [-0.1, -0.05) is 18.2 Å². The lowest BCUT2D eigenvalue weighted by Gasteiger charge is -2.29. The van der Waals surface area contributed by atoms with Gasteiger partial charge in [-0.05, 0) is 25.0 Å². The highest BCUT2D eigenvalue weighted by molar-refractivity contribution is 5.96. The summed E-state index contributed by atoms with van der Waals surface area (Å²) in [6.45, 7) is 0. The first-order chi connectivity index (χ1) is 9.38. The summed E-state index contributed by atoms with van der Waals surface area (Å²) in [5, 5.41) is 2.38. The van der Waals surface area contributed by atoms with Crippen molar-refractivity contribution >= 4 is 11.9 Å². The van der Waals surface area contributed by atoms with Crippen molar-refractivity contribution in [3.8, 4) is 0 Å². The van der Waals surface area contributed by atoms with Crippen LogP contribution in [0.4, 0.5) is 13.2 Å². The van der Waals surface area contributed by atoms with Gasteiger partial charge in [0, 0.05) is 5.56 Å². The molecule has 0 bridgehead atoms. The topological polar surface area (TPSA) is 55.4 Å². The molecule has 0 aromatic heterocycles. The third-order valence-corrected chi connectivity index (χ3v) is 2.97. The largest absolute Gasteiger partial charge is 0.451 e. The van der Waals surface area contributed by atoms with Crippen LogP contribution in [0, 0.1) is 0 Å². The Morgan fingerprint density at radius 2 is 1.85 bits per heavy atom. The quantitative estimate of drug-likeness (QED) is 0.847. The molecular weight excluding hydrogens is 275 g/mol. The average molecular weight is 287 g/mol. The minimum atomic E-state index is -4.57. The average Bonchev–Trinajstić information content (AvgIpc) is 2.41. The lowest BCUT2D eigenvalue weighted by Crippen LogP contribution is -2.49. The Morgan fingerprint density at radius 3 is 2.40 bits per heavy atom. The second-order valence-corrected chi connectivity index (χ2v) is 4.44. The SMILES string of the molecule is O=C(N[C@@H]1CC[C@H](C(F)(F)F)OC1=O)c1ccccc1. The summed E-state index contributed by atoms with van der Waals surface area (Å²) in [6.07, 6.45) is -7.10. The highest BCUT2D eigenvalue weighted by Gasteiger charge is 2.46. The lowest BCUT2D eigenvalue weighted by molar-refractivity contribution is -0.230. The predicted octanol–water partition coefficient (Wildman–Crippen LogP) is 2.05. The summed E-state index contributed by atoms with van der Waals surface area (Å²) in [4.78, 5) is 23.3. The fourth-order valence-electron chi connectivity index (χ4n) is 1.91. The van der Waals surface area contributed by atoms with Gasteiger partial charge in [-0.15, -0.1) is 0 Å². The number of hydrogen-bond acceptors (Lipinski definition) is 3. The maximum Gasteiger partial charge on any atom is 0.425 e. The van der Waals surface area contributed by atoms with Crippen molar-refractivity contribution in [2.75, 3.05) is 0 Å². The molecule has 1 heterocycles. The summed E-state index contributed by atoms with van der Waals surface area (Å²) >= 11 is 0. The van der Waals surface area contributed by atoms with Crippen molar-refractivity contribution in [2.24, 2.45) is 0 Å². The number of cyclic esters (lactones) is 1. The Labute approximate surface area is 112 Å². The maximum atomic E-state index is 12.4. The van der Waals surface area contributed by atoms with E-state index >= 15 is 0 Å². The Hall–Kier alpha value is -2.05. The molecule has 1 aromatic carbocycles. The first-order valence-electron chi connectivity index (χ1n) is 6.01. The molecular formula is C13H12F3NO3. The first-order valence-corrected chi connectivity index (χ1v) is 6.01. The van der Waals surface area contributed by atoms with E-state index in [2.05, 4.69) is 10.1 Å². The lowest BCUT2D eigenvalue weighted by atomic mass is 10.0. The standard InChI is InChI=1S/C13H12F3NO3/c14-13(15,16)10-7-6-9(12(19)20-10)17-11(18)8-4-2-1-3-5-8/h1-5,9-10H,6-7H2,(H,17,18)/t9-,10-/m1/s1. The van der Waals surface area contributed by atoms with E-state index in [1.54, 1.807) is 30.3 Å². The van der Waals surface area contributed by atoms with E-state index in [1.807, 2.05) is 0 Å². The van der Waals surface area contributed by atoms with E-state index < -0.39 is 30.2 Å². The summed E-state index contributed by atoms with van der Waals surface area (Å²) < 4.78 is 41.5. The number of amides is 1. The molecule has 20 heavy (non-hydrogen) atoms. The van der Waals surface area contributed by atoms with Crippen LogP contribution in [0.5, 0.6) is 0 Å². The van der Waals surface area contributed by atoms with Crippen LogP contribution in [0.25, 0.3) is 0 Å². The predicted molar refractivity (Wildman–Crippen MR) is 62.9 cm³/mol. The molecule has 0 spiro atoms. The normalized spacial score (nSPS) is 23.1. The minimum absolute atomic E-state index is 0.0957. The summed E-state index contributed by atoms with van der Waals surface area (Å²) in [5.41, 5.74) is 0.332. The number of esters is 1. The smallest absolute Gasteiger partial charge is 0.425 e. The molecule has 1 saturated heterocycles. The molecule has 1 fully saturated rings. The monoisotopic (exact) mass is 287 g/mol. The number of hydrogen-bond donors (Lipinski definition) is 1. The second-order valence-electron chi connectivity index (χ2n) is 4.44. The van der Waals surface area contributed by atoms with Crippen LogP contribution in [0.2, 0.25) is 0 Å². The van der Waals surface area contributed by atoms with E-state index in [9.17, 15) is 22.8 Å². The zero-order valence-electron chi connectivity index (χ0n) is 10.3. The number of nitrogens with one attached hydrogen (secondary N) is 1. The van der Waals surface area contributed by atoms with Crippen molar-refractivity contribution in [1.82, 2.24) is 5.32 Å². The highest BCUT2D eigenvalue weighted by Crippen LogP contribution is 2.30. The second kappa shape index (κ2) is 5.52. The molecule has 0 radical (unpaired) electrons. The fourth-order valence-corrected chi connectivity index (χ4v) is 1.91. The van der Waals surface area contributed by atoms with E-state index in [4.69, 9.17) is 0 Å². The van der Waals surface area contributed by atoms with E-state index in [-0.39, 0.29) is 12.8 Å². The van der Waals surface area contributed by atoms with Gasteiger partial charge >= 0.3 is 12.1 Å². The van der Waals surface area contributed by atoms with Crippen molar-refractivity contribution in [3.63, 3.8) is 0 Å². The maximum absolute atomic E-state index is 12.4. The third-order valence-electron chi connectivity index (χ3n) is 2.97. The molecule has 1 aliphatic rings. The van der Waals surface area contributed by atoms with Crippen LogP contribution in [0.15, 0.2) is 30.3 Å². The zero-order valence-corrected chi connectivity index (χ0v) is 10.3. The van der Waals surface area contributed by atoms with Crippen LogP contribution in [0.3, 0.4) is 0 Å². The van der Waals surface area contributed by atoms with Gasteiger partial charge in [-0.2, -0.15) is 13.2 Å². The van der Waals surface area contributed by atoms with Gasteiger partial charge in [0.25, 0.3) is 5.91 Å². The van der Waals surface area contributed by atoms with Crippen molar-refractivity contribution < 1.29 is 27.5 Å². The van der Waals surface area contributed by atoms with Gasteiger partial charge in [0.05, 0.1) is 0 Å². The van der Waals surface area contributed by atoms with Gasteiger partial charge in [-0.25, -0.2) is 4.79 Å². The van der Waals surface area contributed by atoms with Gasteiger partial charge in [0.2, 0.25) is 0 Å². The number of halogens is 3. The zero-order chi connectivity index (χ0) is 14.8. The Kier molecular flexibility index (Phi) is 3.96. The molecule has 1 aliphatic heterocycles. The third kappa shape index (κ3) is 3.28. The molecule has 2 rings (SSSR count). The summed E-state index contributed by atoms with van der Waals surface area (Å²) in [6, 6.07) is 7.06. The first kappa shape index (κ1) is 14.4.